The number of benzene rings is 1. The summed E-state index contributed by atoms with van der Waals surface area (Å²) in [7, 11) is 3.35. The molecule has 2 aliphatic rings. The first kappa shape index (κ1) is 16.5. The van der Waals surface area contributed by atoms with Gasteiger partial charge in [-0.2, -0.15) is 0 Å². The predicted octanol–water partition coefficient (Wildman–Crippen LogP) is 3.49. The Kier molecular flexibility index (Phi) is 4.07. The third-order valence-corrected chi connectivity index (χ3v) is 5.07. The minimum Gasteiger partial charge on any atom is -0.493 e. The minimum absolute atomic E-state index is 0.743. The first-order valence-corrected chi connectivity index (χ1v) is 8.75. The SMILES string of the molecule is C=CC1=CNCC(c2nc(C)n3c2-c2cc(OC)c(OC)cc2CC3)=C1. The van der Waals surface area contributed by atoms with Crippen LogP contribution in [0, 0.1) is 6.92 Å². The van der Waals surface area contributed by atoms with E-state index in [1.54, 1.807) is 14.2 Å². The van der Waals surface area contributed by atoms with Gasteiger partial charge in [-0.15, -0.1) is 0 Å². The van der Waals surface area contributed by atoms with E-state index in [1.807, 2.05) is 12.3 Å². The Morgan fingerprint density at radius 1 is 1.23 bits per heavy atom. The fourth-order valence-electron chi connectivity index (χ4n) is 3.76. The van der Waals surface area contributed by atoms with E-state index in [1.165, 1.54) is 16.7 Å². The zero-order chi connectivity index (χ0) is 18.3. The van der Waals surface area contributed by atoms with Gasteiger partial charge in [-0.1, -0.05) is 12.7 Å². The van der Waals surface area contributed by atoms with Gasteiger partial charge in [-0.3, -0.25) is 0 Å². The van der Waals surface area contributed by atoms with Gasteiger partial charge in [0.1, 0.15) is 5.82 Å². The second-order valence-corrected chi connectivity index (χ2v) is 6.52. The summed E-state index contributed by atoms with van der Waals surface area (Å²) in [5.74, 6) is 2.55. The van der Waals surface area contributed by atoms with Crippen LogP contribution in [-0.2, 0) is 13.0 Å². The number of fused-ring (bicyclic) bond motifs is 3. The number of allylic oxidation sites excluding steroid dienone is 3. The molecule has 0 radical (unpaired) electrons. The second kappa shape index (κ2) is 6.41. The van der Waals surface area contributed by atoms with Gasteiger partial charge in [-0.25, -0.2) is 4.98 Å². The summed E-state index contributed by atoms with van der Waals surface area (Å²) >= 11 is 0. The molecule has 2 aromatic rings. The highest BCUT2D eigenvalue weighted by Crippen LogP contribution is 2.41. The lowest BCUT2D eigenvalue weighted by Gasteiger charge is -2.23. The van der Waals surface area contributed by atoms with Crippen molar-refractivity contribution in [2.45, 2.75) is 19.9 Å². The molecule has 0 unspecified atom stereocenters. The number of dihydropyridines is 1. The fourth-order valence-corrected chi connectivity index (χ4v) is 3.76. The zero-order valence-corrected chi connectivity index (χ0v) is 15.4. The molecule has 5 nitrogen and oxygen atoms in total. The number of aryl methyl sites for hydroxylation is 2. The molecular weight excluding hydrogens is 326 g/mol. The van der Waals surface area contributed by atoms with Crippen molar-refractivity contribution in [3.05, 3.63) is 59.7 Å². The molecule has 4 rings (SSSR count). The van der Waals surface area contributed by atoms with E-state index in [-0.39, 0.29) is 0 Å². The molecule has 26 heavy (non-hydrogen) atoms. The molecule has 1 aromatic carbocycles. The lowest BCUT2D eigenvalue weighted by atomic mass is 9.93. The van der Waals surface area contributed by atoms with Gasteiger partial charge in [0.05, 0.1) is 25.6 Å². The Bertz CT molecular complexity index is 951. The summed E-state index contributed by atoms with van der Waals surface area (Å²) in [6.07, 6.45) is 6.94. The number of hydrogen-bond donors (Lipinski definition) is 1. The molecule has 2 aliphatic heterocycles. The van der Waals surface area contributed by atoms with Crippen molar-refractivity contribution in [3.8, 4) is 22.8 Å². The highest BCUT2D eigenvalue weighted by Gasteiger charge is 2.27. The van der Waals surface area contributed by atoms with Crippen LogP contribution in [-0.4, -0.2) is 30.3 Å². The van der Waals surface area contributed by atoms with Crippen molar-refractivity contribution in [1.29, 1.82) is 0 Å². The maximum Gasteiger partial charge on any atom is 0.161 e. The van der Waals surface area contributed by atoms with Gasteiger partial charge >= 0.3 is 0 Å². The van der Waals surface area contributed by atoms with Crippen molar-refractivity contribution in [3.63, 3.8) is 0 Å². The van der Waals surface area contributed by atoms with Crippen molar-refractivity contribution in [2.24, 2.45) is 0 Å². The average molecular weight is 349 g/mol. The summed E-state index contributed by atoms with van der Waals surface area (Å²) in [5, 5.41) is 3.32. The van der Waals surface area contributed by atoms with Gasteiger partial charge in [-0.05, 0) is 48.3 Å². The Morgan fingerprint density at radius 3 is 2.73 bits per heavy atom. The third kappa shape index (κ3) is 2.51. The molecule has 134 valence electrons. The Labute approximate surface area is 153 Å². The largest absolute Gasteiger partial charge is 0.493 e. The van der Waals surface area contributed by atoms with Gasteiger partial charge in [0.2, 0.25) is 0 Å². The van der Waals surface area contributed by atoms with Crippen LogP contribution in [0.4, 0.5) is 0 Å². The number of rotatable bonds is 4. The van der Waals surface area contributed by atoms with Gasteiger partial charge < -0.3 is 19.4 Å². The number of methoxy groups -OCH3 is 2. The van der Waals surface area contributed by atoms with Crippen LogP contribution in [0.15, 0.2) is 42.6 Å². The third-order valence-electron chi connectivity index (χ3n) is 5.07. The van der Waals surface area contributed by atoms with Crippen LogP contribution >= 0.6 is 0 Å². The number of aromatic nitrogens is 2. The highest BCUT2D eigenvalue weighted by atomic mass is 16.5. The number of nitrogens with one attached hydrogen (secondary N) is 1. The molecule has 0 aliphatic carbocycles. The van der Waals surface area contributed by atoms with Gasteiger partial charge in [0.15, 0.2) is 11.5 Å². The monoisotopic (exact) mass is 349 g/mol. The lowest BCUT2D eigenvalue weighted by molar-refractivity contribution is 0.354. The molecule has 0 atom stereocenters. The van der Waals surface area contributed by atoms with Crippen LogP contribution in [0.5, 0.6) is 11.5 Å². The van der Waals surface area contributed by atoms with Crippen molar-refractivity contribution in [2.75, 3.05) is 20.8 Å². The molecule has 3 heterocycles. The topological polar surface area (TPSA) is 48.3 Å². The van der Waals surface area contributed by atoms with E-state index in [0.717, 1.165) is 53.8 Å². The van der Waals surface area contributed by atoms with Crippen LogP contribution in [0.1, 0.15) is 17.1 Å². The molecule has 1 aromatic heterocycles. The minimum atomic E-state index is 0.743. The molecular formula is C21H23N3O2. The Balaban J connectivity index is 1.92. The summed E-state index contributed by atoms with van der Waals surface area (Å²) in [4.78, 5) is 4.90. The molecule has 5 heteroatoms. The Hall–Kier alpha value is -2.95. The summed E-state index contributed by atoms with van der Waals surface area (Å²) < 4.78 is 13.3. The first-order valence-electron chi connectivity index (χ1n) is 8.75. The van der Waals surface area contributed by atoms with Crippen LogP contribution in [0.25, 0.3) is 16.8 Å². The van der Waals surface area contributed by atoms with Gasteiger partial charge in [0.25, 0.3) is 0 Å². The summed E-state index contributed by atoms with van der Waals surface area (Å²) in [5.41, 5.74) is 6.84. The Morgan fingerprint density at radius 2 is 2.00 bits per heavy atom. The normalized spacial score (nSPS) is 15.2. The molecule has 0 fully saturated rings. The average Bonchev–Trinajstić information content (AvgIpc) is 3.03. The summed E-state index contributed by atoms with van der Waals surface area (Å²) in [6, 6.07) is 4.16. The number of nitrogens with zero attached hydrogens (tertiary/aromatic N) is 2. The smallest absolute Gasteiger partial charge is 0.161 e. The fraction of sp³-hybridized carbons (Fsp3) is 0.286. The first-order chi connectivity index (χ1) is 12.7. The van der Waals surface area contributed by atoms with Crippen molar-refractivity contribution in [1.82, 2.24) is 14.9 Å². The van der Waals surface area contributed by atoms with E-state index in [9.17, 15) is 0 Å². The molecule has 0 saturated carbocycles. The van der Waals surface area contributed by atoms with E-state index in [2.05, 4.69) is 41.6 Å². The van der Waals surface area contributed by atoms with E-state index >= 15 is 0 Å². The molecule has 0 spiro atoms. The van der Waals surface area contributed by atoms with Crippen LogP contribution in [0.3, 0.4) is 0 Å². The standard InChI is InChI=1S/C21H23N3O2/c1-5-14-8-16(12-22-11-14)20-21-17-10-19(26-4)18(25-3)9-15(17)6-7-24(21)13(2)23-20/h5,8-11,22H,1,6-7,12H2,2-4H3. The molecule has 0 saturated heterocycles. The van der Waals surface area contributed by atoms with E-state index in [4.69, 9.17) is 14.5 Å². The quantitative estimate of drug-likeness (QED) is 0.918. The van der Waals surface area contributed by atoms with E-state index in [0.29, 0.717) is 0 Å². The molecule has 0 bridgehead atoms. The van der Waals surface area contributed by atoms with Crippen LogP contribution in [0.2, 0.25) is 0 Å². The lowest BCUT2D eigenvalue weighted by Crippen LogP contribution is -2.16. The van der Waals surface area contributed by atoms with Crippen molar-refractivity contribution < 1.29 is 9.47 Å². The second-order valence-electron chi connectivity index (χ2n) is 6.52. The molecule has 0 amide bonds. The predicted molar refractivity (Wildman–Crippen MR) is 103 cm³/mol. The number of imidazole rings is 1. The van der Waals surface area contributed by atoms with E-state index < -0.39 is 0 Å². The van der Waals surface area contributed by atoms with Gasteiger partial charge in [0, 0.05) is 24.9 Å². The van der Waals surface area contributed by atoms with Crippen LogP contribution < -0.4 is 14.8 Å². The highest BCUT2D eigenvalue weighted by molar-refractivity contribution is 5.83. The maximum atomic E-state index is 5.54. The number of hydrogen-bond acceptors (Lipinski definition) is 4. The maximum absolute atomic E-state index is 5.54. The summed E-state index contributed by atoms with van der Waals surface area (Å²) in [6.45, 7) is 7.61. The number of ether oxygens (including phenoxy) is 2. The molecule has 1 N–H and O–H groups in total. The zero-order valence-electron chi connectivity index (χ0n) is 15.4. The van der Waals surface area contributed by atoms with Crippen molar-refractivity contribution >= 4 is 5.57 Å².